The van der Waals surface area contributed by atoms with Gasteiger partial charge in [-0.1, -0.05) is 133 Å². The summed E-state index contributed by atoms with van der Waals surface area (Å²) in [5.74, 6) is 0. The Labute approximate surface area is 298 Å². The third-order valence-corrected chi connectivity index (χ3v) is 10.6. The second-order valence-corrected chi connectivity index (χ2v) is 13.6. The van der Waals surface area contributed by atoms with Gasteiger partial charge in [0.05, 0.1) is 0 Å². The molecule has 1 aliphatic carbocycles. The molecule has 0 amide bonds. The van der Waals surface area contributed by atoms with Crippen LogP contribution in [0, 0.1) is 0 Å². The predicted molar refractivity (Wildman–Crippen MR) is 219 cm³/mol. The van der Waals surface area contributed by atoms with Crippen LogP contribution >= 0.6 is 0 Å². The van der Waals surface area contributed by atoms with Crippen LogP contribution < -0.4 is 4.90 Å². The van der Waals surface area contributed by atoms with E-state index in [4.69, 9.17) is 0 Å². The van der Waals surface area contributed by atoms with Gasteiger partial charge in [0.25, 0.3) is 0 Å². The maximum atomic E-state index is 2.42. The average Bonchev–Trinajstić information content (AvgIpc) is 3.20. The molecule has 10 rings (SSSR count). The van der Waals surface area contributed by atoms with Gasteiger partial charge in [0.15, 0.2) is 0 Å². The van der Waals surface area contributed by atoms with Crippen LogP contribution in [0.3, 0.4) is 0 Å². The van der Waals surface area contributed by atoms with E-state index in [1.165, 1.54) is 76.5 Å². The summed E-state index contributed by atoms with van der Waals surface area (Å²) < 4.78 is 0. The third-order valence-electron chi connectivity index (χ3n) is 10.6. The molecular weight excluding hydrogens is 615 g/mol. The van der Waals surface area contributed by atoms with Crippen LogP contribution in [0.2, 0.25) is 0 Å². The Morgan fingerprint density at radius 3 is 1.73 bits per heavy atom. The van der Waals surface area contributed by atoms with Crippen molar-refractivity contribution in [3.63, 3.8) is 0 Å². The molecule has 0 fully saturated rings. The number of anilines is 3. The Balaban J connectivity index is 1.14. The molecule has 51 heavy (non-hydrogen) atoms. The van der Waals surface area contributed by atoms with Crippen molar-refractivity contribution in [2.24, 2.45) is 0 Å². The lowest BCUT2D eigenvalue weighted by Gasteiger charge is -2.26. The summed E-state index contributed by atoms with van der Waals surface area (Å²) in [6, 6.07) is 64.8. The van der Waals surface area contributed by atoms with Crippen molar-refractivity contribution < 1.29 is 0 Å². The molecule has 0 N–H and O–H groups in total. The van der Waals surface area contributed by atoms with Gasteiger partial charge in [-0.05, 0) is 144 Å². The Bertz CT molecular complexity index is 2790. The molecule has 0 radical (unpaired) electrons. The maximum absolute atomic E-state index is 2.42. The van der Waals surface area contributed by atoms with Gasteiger partial charge in [-0.3, -0.25) is 0 Å². The van der Waals surface area contributed by atoms with E-state index >= 15 is 0 Å². The summed E-state index contributed by atoms with van der Waals surface area (Å²) >= 11 is 0. The van der Waals surface area contributed by atoms with Crippen LogP contribution in [-0.4, -0.2) is 0 Å². The molecular formula is C50H35N. The molecule has 0 atom stereocenters. The molecule has 0 saturated heterocycles. The van der Waals surface area contributed by atoms with E-state index in [2.05, 4.69) is 193 Å². The first-order valence-electron chi connectivity index (χ1n) is 17.9. The maximum Gasteiger partial charge on any atom is 0.0468 e. The zero-order valence-corrected chi connectivity index (χ0v) is 28.3. The van der Waals surface area contributed by atoms with Crippen LogP contribution in [0.5, 0.6) is 0 Å². The number of aryl methyl sites for hydroxylation is 1. The van der Waals surface area contributed by atoms with Crippen LogP contribution in [0.4, 0.5) is 17.1 Å². The normalized spacial score (nSPS) is 12.5. The van der Waals surface area contributed by atoms with Gasteiger partial charge in [-0.2, -0.15) is 0 Å². The van der Waals surface area contributed by atoms with E-state index in [9.17, 15) is 0 Å². The van der Waals surface area contributed by atoms with E-state index in [0.717, 1.165) is 29.9 Å². The van der Waals surface area contributed by atoms with Crippen LogP contribution in [0.15, 0.2) is 182 Å². The fourth-order valence-corrected chi connectivity index (χ4v) is 8.18. The van der Waals surface area contributed by atoms with Crippen molar-refractivity contribution in [1.82, 2.24) is 0 Å². The highest BCUT2D eigenvalue weighted by atomic mass is 15.1. The summed E-state index contributed by atoms with van der Waals surface area (Å²) in [5, 5.41) is 10.2. The summed E-state index contributed by atoms with van der Waals surface area (Å²) in [7, 11) is 0. The fraction of sp³-hybridized carbons (Fsp3) is 0.0400. The molecule has 9 aromatic rings. The van der Waals surface area contributed by atoms with Crippen molar-refractivity contribution in [3.05, 3.63) is 193 Å². The summed E-state index contributed by atoms with van der Waals surface area (Å²) in [5.41, 5.74) is 11.2. The molecule has 1 heteroatoms. The first-order chi connectivity index (χ1) is 25.3. The summed E-state index contributed by atoms with van der Waals surface area (Å²) in [6.45, 7) is 0. The van der Waals surface area contributed by atoms with E-state index in [1.54, 1.807) is 0 Å². The molecule has 0 heterocycles. The average molecular weight is 650 g/mol. The molecule has 1 nitrogen and oxygen atoms in total. The third kappa shape index (κ3) is 5.09. The van der Waals surface area contributed by atoms with Crippen molar-refractivity contribution in [2.75, 3.05) is 4.90 Å². The van der Waals surface area contributed by atoms with E-state index < -0.39 is 0 Å². The van der Waals surface area contributed by atoms with Crippen molar-refractivity contribution >= 4 is 66.2 Å². The topological polar surface area (TPSA) is 3.24 Å². The van der Waals surface area contributed by atoms with Crippen LogP contribution in [-0.2, 0) is 6.42 Å². The highest BCUT2D eigenvalue weighted by molar-refractivity contribution is 6.25. The number of hydrogen-bond donors (Lipinski definition) is 0. The number of allylic oxidation sites excluding steroid dienone is 1. The first kappa shape index (κ1) is 29.5. The summed E-state index contributed by atoms with van der Waals surface area (Å²) in [4.78, 5) is 2.35. The van der Waals surface area contributed by atoms with Gasteiger partial charge < -0.3 is 4.90 Å². The van der Waals surface area contributed by atoms with Gasteiger partial charge in [-0.15, -0.1) is 0 Å². The Hall–Kier alpha value is -6.44. The lowest BCUT2D eigenvalue weighted by atomic mass is 9.86. The largest absolute Gasteiger partial charge is 0.310 e. The van der Waals surface area contributed by atoms with Crippen LogP contribution in [0.1, 0.15) is 17.5 Å². The molecule has 9 aromatic carbocycles. The standard InChI is InChI=1S/C50H35N/c1-2-16-41(17-3-1)51(43-29-24-35-13-5-7-15-38(35)31-43)42-27-25-36(26-28-42)48-32-40-33-49(39-23-22-34-12-4-6-14-37(34)30-39)45-19-9-11-21-47(45)50(40)46-20-10-8-18-44(46)48/h1-3,5-11,13-33H,4,12H2. The number of benzene rings is 9. The molecule has 0 spiro atoms. The molecule has 0 bridgehead atoms. The van der Waals surface area contributed by atoms with Gasteiger partial charge >= 0.3 is 0 Å². The molecule has 0 unspecified atom stereocenters. The lowest BCUT2D eigenvalue weighted by molar-refractivity contribution is 0.986. The molecule has 240 valence electrons. The number of hydrogen-bond acceptors (Lipinski definition) is 1. The Morgan fingerprint density at radius 1 is 0.392 bits per heavy atom. The molecule has 1 aliphatic rings. The minimum Gasteiger partial charge on any atom is -0.310 e. The molecule has 0 saturated carbocycles. The zero-order valence-electron chi connectivity index (χ0n) is 28.3. The Kier molecular flexibility index (Phi) is 7.03. The van der Waals surface area contributed by atoms with Crippen molar-refractivity contribution in [3.8, 4) is 22.3 Å². The highest BCUT2D eigenvalue weighted by Gasteiger charge is 2.17. The second-order valence-electron chi connectivity index (χ2n) is 13.6. The lowest BCUT2D eigenvalue weighted by Crippen LogP contribution is -2.09. The number of fused-ring (bicyclic) bond motifs is 7. The Morgan fingerprint density at radius 2 is 0.980 bits per heavy atom. The van der Waals surface area contributed by atoms with Crippen molar-refractivity contribution in [1.29, 1.82) is 0 Å². The van der Waals surface area contributed by atoms with E-state index in [0.29, 0.717) is 0 Å². The summed E-state index contributed by atoms with van der Waals surface area (Å²) in [6.07, 6.45) is 6.83. The first-order valence-corrected chi connectivity index (χ1v) is 17.9. The molecule has 0 aliphatic heterocycles. The van der Waals surface area contributed by atoms with Crippen molar-refractivity contribution in [2.45, 2.75) is 12.8 Å². The zero-order chi connectivity index (χ0) is 33.7. The van der Waals surface area contributed by atoms with Gasteiger partial charge in [0, 0.05) is 17.1 Å². The fourth-order valence-electron chi connectivity index (χ4n) is 8.18. The SMILES string of the molecule is C1=Cc2cc(-c3cc4cc(-c5ccc(N(c6ccccc6)c6ccc7ccccc7c6)cc5)c5ccccc5c4c4ccccc34)ccc2CC1. The minimum absolute atomic E-state index is 1.12. The number of para-hydroxylation sites is 1. The van der Waals surface area contributed by atoms with Crippen LogP contribution in [0.25, 0.3) is 71.4 Å². The smallest absolute Gasteiger partial charge is 0.0468 e. The van der Waals surface area contributed by atoms with Gasteiger partial charge in [0.2, 0.25) is 0 Å². The minimum atomic E-state index is 1.12. The number of rotatable bonds is 5. The highest BCUT2D eigenvalue weighted by Crippen LogP contribution is 2.43. The second kappa shape index (κ2) is 12.2. The van der Waals surface area contributed by atoms with E-state index in [1.807, 2.05) is 0 Å². The molecule has 0 aromatic heterocycles. The quantitative estimate of drug-likeness (QED) is 0.168. The van der Waals surface area contributed by atoms with E-state index in [-0.39, 0.29) is 0 Å². The van der Waals surface area contributed by atoms with Gasteiger partial charge in [0.1, 0.15) is 0 Å². The number of nitrogens with zero attached hydrogens (tertiary/aromatic N) is 1. The predicted octanol–water partition coefficient (Wildman–Crippen LogP) is 14.1. The monoisotopic (exact) mass is 649 g/mol. The van der Waals surface area contributed by atoms with Gasteiger partial charge in [-0.25, -0.2) is 0 Å².